The van der Waals surface area contributed by atoms with Gasteiger partial charge < -0.3 is 10.1 Å². The number of methoxy groups -OCH3 is 1. The monoisotopic (exact) mass is 269 g/mol. The van der Waals surface area contributed by atoms with Crippen LogP contribution in [0.15, 0.2) is 23.1 Å². The van der Waals surface area contributed by atoms with Crippen LogP contribution in [-0.4, -0.2) is 33.8 Å². The summed E-state index contributed by atoms with van der Waals surface area (Å²) in [6, 6.07) is 4.65. The summed E-state index contributed by atoms with van der Waals surface area (Å²) in [6.07, 6.45) is 1.70. The first-order chi connectivity index (χ1) is 8.41. The van der Waals surface area contributed by atoms with Gasteiger partial charge in [0.2, 0.25) is 0 Å². The van der Waals surface area contributed by atoms with Crippen LogP contribution < -0.4 is 5.32 Å². The van der Waals surface area contributed by atoms with E-state index in [1.807, 2.05) is 0 Å². The van der Waals surface area contributed by atoms with Crippen LogP contribution in [0.2, 0.25) is 0 Å². The minimum Gasteiger partial charge on any atom is -0.468 e. The number of sulfone groups is 1. The maximum absolute atomic E-state index is 11.4. The smallest absolute Gasteiger partial charge is 0.323 e. The minimum absolute atomic E-state index is 0.298. The summed E-state index contributed by atoms with van der Waals surface area (Å²) in [5.74, 6) is -0.298. The number of esters is 1. The molecule has 0 spiro atoms. The van der Waals surface area contributed by atoms with Gasteiger partial charge in [-0.15, -0.1) is 0 Å². The minimum atomic E-state index is -3.19. The van der Waals surface area contributed by atoms with E-state index in [0.717, 1.165) is 11.1 Å². The van der Waals surface area contributed by atoms with Gasteiger partial charge in [0.15, 0.2) is 9.84 Å². The summed E-state index contributed by atoms with van der Waals surface area (Å²) in [7, 11) is -1.84. The summed E-state index contributed by atoms with van der Waals surface area (Å²) < 4.78 is 27.6. The van der Waals surface area contributed by atoms with Gasteiger partial charge >= 0.3 is 5.97 Å². The molecule has 0 saturated heterocycles. The molecule has 1 aliphatic heterocycles. The zero-order chi connectivity index (χ0) is 13.3. The highest BCUT2D eigenvalue weighted by atomic mass is 32.2. The van der Waals surface area contributed by atoms with Crippen molar-refractivity contribution in [1.82, 2.24) is 5.32 Å². The number of ether oxygens (including phenoxy) is 1. The van der Waals surface area contributed by atoms with Gasteiger partial charge in [0.1, 0.15) is 6.04 Å². The van der Waals surface area contributed by atoms with E-state index in [1.54, 1.807) is 18.2 Å². The molecule has 1 heterocycles. The molecule has 1 aromatic carbocycles. The average Bonchev–Trinajstić information content (AvgIpc) is 2.35. The molecule has 1 unspecified atom stereocenters. The molecule has 1 N–H and O–H groups in total. The molecule has 0 aromatic heterocycles. The van der Waals surface area contributed by atoms with Crippen molar-refractivity contribution in [3.63, 3.8) is 0 Å². The summed E-state index contributed by atoms with van der Waals surface area (Å²) in [4.78, 5) is 11.7. The van der Waals surface area contributed by atoms with E-state index in [0.29, 0.717) is 17.9 Å². The molecule has 6 heteroatoms. The highest BCUT2D eigenvalue weighted by Crippen LogP contribution is 2.21. The van der Waals surface area contributed by atoms with Crippen LogP contribution in [0.1, 0.15) is 11.1 Å². The molecule has 98 valence electrons. The Bertz CT molecular complexity index is 580. The zero-order valence-electron chi connectivity index (χ0n) is 10.3. The Morgan fingerprint density at radius 2 is 2.11 bits per heavy atom. The fourth-order valence-corrected chi connectivity index (χ4v) is 2.70. The summed E-state index contributed by atoms with van der Waals surface area (Å²) in [5.41, 5.74) is 1.90. The molecule has 1 atom stereocenters. The van der Waals surface area contributed by atoms with Crippen molar-refractivity contribution in [2.45, 2.75) is 23.9 Å². The van der Waals surface area contributed by atoms with Crippen LogP contribution in [-0.2, 0) is 32.3 Å². The molecule has 5 nitrogen and oxygen atoms in total. The van der Waals surface area contributed by atoms with Crippen LogP contribution in [0, 0.1) is 0 Å². The fraction of sp³-hybridized carbons (Fsp3) is 0.417. The third-order valence-corrected chi connectivity index (χ3v) is 4.16. The van der Waals surface area contributed by atoms with Gasteiger partial charge in [-0.3, -0.25) is 4.79 Å². The quantitative estimate of drug-likeness (QED) is 0.781. The summed E-state index contributed by atoms with van der Waals surface area (Å²) >= 11 is 0. The zero-order valence-corrected chi connectivity index (χ0v) is 11.1. The Hall–Kier alpha value is -1.40. The van der Waals surface area contributed by atoms with Gasteiger partial charge in [-0.25, -0.2) is 8.42 Å². The molecular formula is C12H15NO4S. The van der Waals surface area contributed by atoms with Crippen LogP contribution in [0.25, 0.3) is 0 Å². The van der Waals surface area contributed by atoms with Gasteiger partial charge in [0.25, 0.3) is 0 Å². The van der Waals surface area contributed by atoms with Crippen molar-refractivity contribution in [3.8, 4) is 0 Å². The molecule has 0 fully saturated rings. The maximum atomic E-state index is 11.4. The third-order valence-electron chi connectivity index (χ3n) is 3.05. The molecule has 18 heavy (non-hydrogen) atoms. The van der Waals surface area contributed by atoms with E-state index in [2.05, 4.69) is 10.1 Å². The Labute approximate surface area is 106 Å². The van der Waals surface area contributed by atoms with Crippen LogP contribution in [0.4, 0.5) is 0 Å². The van der Waals surface area contributed by atoms with E-state index in [4.69, 9.17) is 0 Å². The van der Waals surface area contributed by atoms with Crippen molar-refractivity contribution in [2.24, 2.45) is 0 Å². The average molecular weight is 269 g/mol. The number of carbonyl (C=O) groups is 1. The lowest BCUT2D eigenvalue weighted by Gasteiger charge is -2.24. The van der Waals surface area contributed by atoms with Crippen molar-refractivity contribution >= 4 is 15.8 Å². The molecule has 1 aliphatic rings. The second-order valence-electron chi connectivity index (χ2n) is 4.36. The van der Waals surface area contributed by atoms with Crippen LogP contribution in [0.5, 0.6) is 0 Å². The first-order valence-electron chi connectivity index (χ1n) is 5.55. The highest BCUT2D eigenvalue weighted by molar-refractivity contribution is 7.90. The van der Waals surface area contributed by atoms with Crippen LogP contribution in [0.3, 0.4) is 0 Å². The van der Waals surface area contributed by atoms with Gasteiger partial charge in [-0.2, -0.15) is 0 Å². The molecule has 0 bridgehead atoms. The molecule has 2 rings (SSSR count). The summed E-state index contributed by atoms with van der Waals surface area (Å²) in [5, 5.41) is 3.04. The Kier molecular flexibility index (Phi) is 3.41. The van der Waals surface area contributed by atoms with Gasteiger partial charge in [0, 0.05) is 12.8 Å². The normalized spacial score (nSPS) is 19.1. The number of benzene rings is 1. The van der Waals surface area contributed by atoms with E-state index >= 15 is 0 Å². The lowest BCUT2D eigenvalue weighted by atomic mass is 9.96. The lowest BCUT2D eigenvalue weighted by Crippen LogP contribution is -2.42. The first kappa shape index (κ1) is 13.0. The van der Waals surface area contributed by atoms with E-state index in [1.165, 1.54) is 13.4 Å². The first-order valence-corrected chi connectivity index (χ1v) is 7.44. The maximum Gasteiger partial charge on any atom is 0.323 e. The number of carbonyl (C=O) groups excluding carboxylic acids is 1. The van der Waals surface area contributed by atoms with E-state index in [9.17, 15) is 13.2 Å². The predicted molar refractivity (Wildman–Crippen MR) is 65.9 cm³/mol. The second kappa shape index (κ2) is 4.70. The largest absolute Gasteiger partial charge is 0.468 e. The number of hydrogen-bond acceptors (Lipinski definition) is 5. The highest BCUT2D eigenvalue weighted by Gasteiger charge is 2.25. The molecule has 0 saturated carbocycles. The van der Waals surface area contributed by atoms with Crippen molar-refractivity contribution in [2.75, 3.05) is 13.4 Å². The van der Waals surface area contributed by atoms with Crippen molar-refractivity contribution in [1.29, 1.82) is 0 Å². The molecule has 0 radical (unpaired) electrons. The van der Waals surface area contributed by atoms with Crippen molar-refractivity contribution < 1.29 is 17.9 Å². The fourth-order valence-electron chi connectivity index (χ4n) is 2.03. The Morgan fingerprint density at radius 3 is 2.72 bits per heavy atom. The molecule has 1 aromatic rings. The van der Waals surface area contributed by atoms with E-state index in [-0.39, 0.29) is 12.0 Å². The van der Waals surface area contributed by atoms with Crippen molar-refractivity contribution in [3.05, 3.63) is 29.3 Å². The van der Waals surface area contributed by atoms with Gasteiger partial charge in [-0.1, -0.05) is 6.07 Å². The predicted octanol–water partition coefficient (Wildman–Crippen LogP) is 0.277. The van der Waals surface area contributed by atoms with Gasteiger partial charge in [-0.05, 0) is 29.7 Å². The number of hydrogen-bond donors (Lipinski definition) is 1. The Balaban J connectivity index is 2.29. The van der Waals surface area contributed by atoms with Crippen LogP contribution >= 0.6 is 0 Å². The topological polar surface area (TPSA) is 72.5 Å². The standard InChI is InChI=1S/C12H15NO4S/c1-17-12(14)11-6-8-3-4-10(18(2,15)16)5-9(8)7-13-11/h3-5,11,13H,6-7H2,1-2H3. The van der Waals surface area contributed by atoms with E-state index < -0.39 is 9.84 Å². The lowest BCUT2D eigenvalue weighted by molar-refractivity contribution is -0.143. The molecule has 0 aliphatic carbocycles. The second-order valence-corrected chi connectivity index (χ2v) is 6.38. The number of fused-ring (bicyclic) bond motifs is 1. The third kappa shape index (κ3) is 2.54. The molecule has 0 amide bonds. The summed E-state index contributed by atoms with van der Waals surface area (Å²) in [6.45, 7) is 0.471. The molecular weight excluding hydrogens is 254 g/mol. The Morgan fingerprint density at radius 1 is 1.39 bits per heavy atom. The number of nitrogens with one attached hydrogen (secondary N) is 1. The van der Waals surface area contributed by atoms with Gasteiger partial charge in [0.05, 0.1) is 12.0 Å². The SMILES string of the molecule is COC(=O)C1Cc2ccc(S(C)(=O)=O)cc2CN1. The number of rotatable bonds is 2.